The molecule has 0 saturated carbocycles. The van der Waals surface area contributed by atoms with E-state index in [-0.39, 0.29) is 29.8 Å². The Hall–Kier alpha value is -2.71. The van der Waals surface area contributed by atoms with Gasteiger partial charge in [-0.05, 0) is 23.8 Å². The van der Waals surface area contributed by atoms with E-state index in [1.54, 1.807) is 0 Å². The summed E-state index contributed by atoms with van der Waals surface area (Å²) >= 11 is 0. The molecule has 0 aliphatic carbocycles. The lowest BCUT2D eigenvalue weighted by molar-refractivity contribution is -0.0613. The average Bonchev–Trinajstić information content (AvgIpc) is 2.72. The highest BCUT2D eigenvalue weighted by atomic mass is 19.3. The van der Waals surface area contributed by atoms with Crippen molar-refractivity contribution in [3.63, 3.8) is 0 Å². The zero-order valence-electron chi connectivity index (χ0n) is 16.1. The van der Waals surface area contributed by atoms with Gasteiger partial charge in [0.1, 0.15) is 12.7 Å². The highest BCUT2D eigenvalue weighted by Gasteiger charge is 2.23. The molecule has 156 valence electrons. The van der Waals surface area contributed by atoms with Crippen molar-refractivity contribution in [3.05, 3.63) is 59.7 Å². The van der Waals surface area contributed by atoms with Crippen LogP contribution in [0.1, 0.15) is 15.9 Å². The molecule has 6 nitrogen and oxygen atoms in total. The Bertz CT molecular complexity index is 803. The Balaban J connectivity index is 1.54. The van der Waals surface area contributed by atoms with Crippen molar-refractivity contribution in [3.8, 4) is 11.5 Å². The Morgan fingerprint density at radius 1 is 1.21 bits per heavy atom. The maximum Gasteiger partial charge on any atom is 0.387 e. The number of nitrogens with zero attached hydrogens (tertiary/aromatic N) is 1. The van der Waals surface area contributed by atoms with Gasteiger partial charge in [-0.2, -0.15) is 8.78 Å². The first kappa shape index (κ1) is 21.0. The molecule has 0 N–H and O–H groups in total. The van der Waals surface area contributed by atoms with Crippen LogP contribution in [-0.4, -0.2) is 57.0 Å². The normalized spacial score (nSPS) is 17.2. The van der Waals surface area contributed by atoms with Crippen LogP contribution < -0.4 is 9.47 Å². The highest BCUT2D eigenvalue weighted by molar-refractivity contribution is 5.90. The van der Waals surface area contributed by atoms with Crippen LogP contribution in [-0.2, 0) is 16.0 Å². The molecule has 2 aromatic rings. The summed E-state index contributed by atoms with van der Waals surface area (Å²) in [6.45, 7) is -0.190. The molecule has 1 aliphatic rings. The van der Waals surface area contributed by atoms with E-state index in [0.29, 0.717) is 13.2 Å². The molecule has 0 amide bonds. The largest absolute Gasteiger partial charge is 0.493 e. The number of hydrogen-bond acceptors (Lipinski definition) is 6. The van der Waals surface area contributed by atoms with E-state index in [1.807, 2.05) is 18.2 Å². The molecule has 1 heterocycles. The number of carbonyl (C=O) groups excluding carboxylic acids is 1. The summed E-state index contributed by atoms with van der Waals surface area (Å²) in [5, 5.41) is 0. The standard InChI is InChI=1S/C21H23F2NO5/c1-26-18-8-7-16(11-19(18)29-21(22)23)20(25)28-14-17-13-24(9-10-27-17)12-15-5-3-2-4-6-15/h2-8,11,17,21H,9-10,12-14H2,1H3. The Morgan fingerprint density at radius 3 is 2.72 bits per heavy atom. The van der Waals surface area contributed by atoms with Gasteiger partial charge in [-0.25, -0.2) is 4.79 Å². The topological polar surface area (TPSA) is 57.2 Å². The number of rotatable bonds is 8. The maximum absolute atomic E-state index is 12.5. The molecule has 0 bridgehead atoms. The molecule has 0 spiro atoms. The number of methoxy groups -OCH3 is 1. The quantitative estimate of drug-likeness (QED) is 0.626. The summed E-state index contributed by atoms with van der Waals surface area (Å²) in [7, 11) is 1.33. The number of halogens is 2. The molecule has 1 fully saturated rings. The number of esters is 1. The Labute approximate surface area is 167 Å². The van der Waals surface area contributed by atoms with Crippen molar-refractivity contribution in [2.24, 2.45) is 0 Å². The third-order valence-corrected chi connectivity index (χ3v) is 4.49. The zero-order chi connectivity index (χ0) is 20.6. The first-order valence-corrected chi connectivity index (χ1v) is 9.23. The van der Waals surface area contributed by atoms with E-state index in [2.05, 4.69) is 21.8 Å². The van der Waals surface area contributed by atoms with Crippen molar-refractivity contribution in [1.29, 1.82) is 0 Å². The lowest BCUT2D eigenvalue weighted by Gasteiger charge is -2.32. The number of alkyl halides is 2. The fourth-order valence-electron chi connectivity index (χ4n) is 3.11. The predicted octanol–water partition coefficient (Wildman–Crippen LogP) is 3.35. The SMILES string of the molecule is COc1ccc(C(=O)OCC2CN(Cc3ccccc3)CCO2)cc1OC(F)F. The Kier molecular flexibility index (Phi) is 7.37. The monoisotopic (exact) mass is 407 g/mol. The number of hydrogen-bond donors (Lipinski definition) is 0. The molecule has 1 unspecified atom stereocenters. The highest BCUT2D eigenvalue weighted by Crippen LogP contribution is 2.29. The summed E-state index contributed by atoms with van der Waals surface area (Å²) < 4.78 is 45.4. The molecule has 0 aromatic heterocycles. The maximum atomic E-state index is 12.5. The molecule has 2 aromatic carbocycles. The first-order chi connectivity index (χ1) is 14.0. The second-order valence-electron chi connectivity index (χ2n) is 6.56. The summed E-state index contributed by atoms with van der Waals surface area (Å²) in [6, 6.07) is 14.1. The van der Waals surface area contributed by atoms with E-state index in [4.69, 9.17) is 14.2 Å². The minimum absolute atomic E-state index is 0.0706. The second-order valence-corrected chi connectivity index (χ2v) is 6.56. The van der Waals surface area contributed by atoms with E-state index in [9.17, 15) is 13.6 Å². The van der Waals surface area contributed by atoms with Crippen molar-refractivity contribution in [2.75, 3.05) is 33.4 Å². The first-order valence-electron chi connectivity index (χ1n) is 9.23. The summed E-state index contributed by atoms with van der Waals surface area (Å²) in [4.78, 5) is 14.6. The van der Waals surface area contributed by atoms with Crippen molar-refractivity contribution < 1.29 is 32.5 Å². The molecular formula is C21H23F2NO5. The van der Waals surface area contributed by atoms with E-state index >= 15 is 0 Å². The van der Waals surface area contributed by atoms with Gasteiger partial charge < -0.3 is 18.9 Å². The number of morpholine rings is 1. The third-order valence-electron chi connectivity index (χ3n) is 4.49. The number of benzene rings is 2. The average molecular weight is 407 g/mol. The van der Waals surface area contributed by atoms with Crippen LogP contribution in [0.25, 0.3) is 0 Å². The van der Waals surface area contributed by atoms with Gasteiger partial charge in [0, 0.05) is 19.6 Å². The molecule has 1 aliphatic heterocycles. The third kappa shape index (κ3) is 6.13. The number of ether oxygens (including phenoxy) is 4. The molecule has 0 radical (unpaired) electrons. The summed E-state index contributed by atoms with van der Waals surface area (Å²) in [6.07, 6.45) is -0.258. The molecular weight excluding hydrogens is 384 g/mol. The van der Waals surface area contributed by atoms with Gasteiger partial charge in [0.25, 0.3) is 0 Å². The minimum Gasteiger partial charge on any atom is -0.493 e. The molecule has 1 atom stereocenters. The van der Waals surface area contributed by atoms with Gasteiger partial charge >= 0.3 is 12.6 Å². The van der Waals surface area contributed by atoms with E-state index in [1.165, 1.54) is 30.9 Å². The minimum atomic E-state index is -3.03. The van der Waals surface area contributed by atoms with E-state index in [0.717, 1.165) is 13.1 Å². The van der Waals surface area contributed by atoms with Crippen LogP contribution in [0, 0.1) is 0 Å². The molecule has 8 heteroatoms. The van der Waals surface area contributed by atoms with Crippen LogP contribution in [0.4, 0.5) is 8.78 Å². The predicted molar refractivity (Wildman–Crippen MR) is 101 cm³/mol. The number of carbonyl (C=O) groups is 1. The van der Waals surface area contributed by atoms with Gasteiger partial charge in [0.05, 0.1) is 19.3 Å². The Morgan fingerprint density at radius 2 is 2.00 bits per heavy atom. The zero-order valence-corrected chi connectivity index (χ0v) is 16.1. The van der Waals surface area contributed by atoms with Gasteiger partial charge in [-0.3, -0.25) is 4.90 Å². The van der Waals surface area contributed by atoms with Crippen LogP contribution in [0.2, 0.25) is 0 Å². The van der Waals surface area contributed by atoms with Crippen LogP contribution in [0.15, 0.2) is 48.5 Å². The smallest absolute Gasteiger partial charge is 0.387 e. The molecule has 3 rings (SSSR count). The van der Waals surface area contributed by atoms with Gasteiger partial charge in [0.15, 0.2) is 11.5 Å². The van der Waals surface area contributed by atoms with Crippen molar-refractivity contribution in [2.45, 2.75) is 19.3 Å². The van der Waals surface area contributed by atoms with Crippen LogP contribution >= 0.6 is 0 Å². The van der Waals surface area contributed by atoms with Gasteiger partial charge in [0.2, 0.25) is 0 Å². The van der Waals surface area contributed by atoms with Crippen LogP contribution in [0.5, 0.6) is 11.5 Å². The lowest BCUT2D eigenvalue weighted by atomic mass is 10.2. The second kappa shape index (κ2) is 10.2. The fraction of sp³-hybridized carbons (Fsp3) is 0.381. The molecule has 1 saturated heterocycles. The summed E-state index contributed by atoms with van der Waals surface area (Å²) in [5.74, 6) is -0.760. The van der Waals surface area contributed by atoms with Gasteiger partial charge in [-0.15, -0.1) is 0 Å². The fourth-order valence-corrected chi connectivity index (χ4v) is 3.11. The van der Waals surface area contributed by atoms with E-state index < -0.39 is 12.6 Å². The van der Waals surface area contributed by atoms with Crippen molar-refractivity contribution >= 4 is 5.97 Å². The summed E-state index contributed by atoms with van der Waals surface area (Å²) in [5.41, 5.74) is 1.30. The van der Waals surface area contributed by atoms with Gasteiger partial charge in [-0.1, -0.05) is 30.3 Å². The van der Waals surface area contributed by atoms with Crippen LogP contribution in [0.3, 0.4) is 0 Å². The molecule has 29 heavy (non-hydrogen) atoms. The lowest BCUT2D eigenvalue weighted by Crippen LogP contribution is -2.44. The van der Waals surface area contributed by atoms with Crippen molar-refractivity contribution in [1.82, 2.24) is 4.90 Å².